The Bertz CT molecular complexity index is 540. The first kappa shape index (κ1) is 16.8. The zero-order chi connectivity index (χ0) is 15.3. The summed E-state index contributed by atoms with van der Waals surface area (Å²) in [6.45, 7) is 6.41. The molecule has 0 aliphatic carbocycles. The summed E-state index contributed by atoms with van der Waals surface area (Å²) < 4.78 is 22.4. The summed E-state index contributed by atoms with van der Waals surface area (Å²) >= 11 is 2.02. The number of benzene rings is 1. The van der Waals surface area contributed by atoms with E-state index in [0.717, 1.165) is 18.7 Å². The summed E-state index contributed by atoms with van der Waals surface area (Å²) in [7, 11) is -3.61. The molecule has 118 valence electrons. The molecule has 2 rings (SSSR count). The molecule has 0 bridgehead atoms. The first-order valence-corrected chi connectivity index (χ1v) is 9.83. The Morgan fingerprint density at radius 2 is 1.90 bits per heavy atom. The quantitative estimate of drug-likeness (QED) is 0.815. The molecule has 5 nitrogen and oxygen atoms in total. The predicted octanol–water partition coefficient (Wildman–Crippen LogP) is 1.03. The number of nitrogens with one attached hydrogen (secondary N) is 1. The maximum absolute atomic E-state index is 11.2. The molecule has 0 amide bonds. The fraction of sp³-hybridized carbons (Fsp3) is 0.571. The normalized spacial score (nSPS) is 18.6. The van der Waals surface area contributed by atoms with Crippen molar-refractivity contribution in [3.8, 4) is 0 Å². The van der Waals surface area contributed by atoms with Gasteiger partial charge in [-0.05, 0) is 24.6 Å². The van der Waals surface area contributed by atoms with Crippen molar-refractivity contribution in [2.45, 2.75) is 17.9 Å². The molecular formula is C14H23N3O2S2. The lowest BCUT2D eigenvalue weighted by Gasteiger charge is -2.26. The van der Waals surface area contributed by atoms with Crippen molar-refractivity contribution in [2.24, 2.45) is 5.14 Å². The molecule has 1 fully saturated rings. The summed E-state index contributed by atoms with van der Waals surface area (Å²) in [6, 6.07) is 6.94. The number of sulfonamides is 1. The number of rotatable bonds is 6. The van der Waals surface area contributed by atoms with Gasteiger partial charge in [-0.1, -0.05) is 12.1 Å². The fourth-order valence-corrected chi connectivity index (χ4v) is 3.82. The standard InChI is InChI=1S/C14H23N3O2S2/c1-12(16-6-7-17-8-10-20-11-9-17)13-2-4-14(5-3-13)21(15,18)19/h2-5,12,16H,6-11H2,1H3,(H2,15,18,19). The lowest BCUT2D eigenvalue weighted by Crippen LogP contribution is -2.38. The van der Waals surface area contributed by atoms with Crippen LogP contribution in [0.25, 0.3) is 0 Å². The van der Waals surface area contributed by atoms with Crippen LogP contribution in [-0.2, 0) is 10.0 Å². The average molecular weight is 329 g/mol. The van der Waals surface area contributed by atoms with Gasteiger partial charge in [0.2, 0.25) is 10.0 Å². The minimum Gasteiger partial charge on any atom is -0.309 e. The number of thioether (sulfide) groups is 1. The van der Waals surface area contributed by atoms with Crippen LogP contribution in [0.2, 0.25) is 0 Å². The van der Waals surface area contributed by atoms with Crippen molar-refractivity contribution in [3.63, 3.8) is 0 Å². The van der Waals surface area contributed by atoms with Gasteiger partial charge in [-0.3, -0.25) is 0 Å². The Morgan fingerprint density at radius 3 is 2.48 bits per heavy atom. The van der Waals surface area contributed by atoms with E-state index >= 15 is 0 Å². The lowest BCUT2D eigenvalue weighted by molar-refractivity contribution is 0.297. The van der Waals surface area contributed by atoms with E-state index in [0.29, 0.717) is 0 Å². The Hall–Kier alpha value is -0.600. The largest absolute Gasteiger partial charge is 0.309 e. The molecule has 0 aromatic heterocycles. The van der Waals surface area contributed by atoms with Crippen molar-refractivity contribution in [2.75, 3.05) is 37.7 Å². The topological polar surface area (TPSA) is 75.4 Å². The van der Waals surface area contributed by atoms with Crippen LogP contribution in [-0.4, -0.2) is 51.0 Å². The van der Waals surface area contributed by atoms with E-state index in [1.165, 1.54) is 24.6 Å². The molecule has 7 heteroatoms. The zero-order valence-electron chi connectivity index (χ0n) is 12.3. The van der Waals surface area contributed by atoms with Gasteiger partial charge in [0.25, 0.3) is 0 Å². The number of hydrogen-bond donors (Lipinski definition) is 2. The van der Waals surface area contributed by atoms with Crippen molar-refractivity contribution in [1.82, 2.24) is 10.2 Å². The van der Waals surface area contributed by atoms with E-state index in [-0.39, 0.29) is 10.9 Å². The van der Waals surface area contributed by atoms with Crippen LogP contribution in [0, 0.1) is 0 Å². The van der Waals surface area contributed by atoms with Crippen LogP contribution in [0.5, 0.6) is 0 Å². The highest BCUT2D eigenvalue weighted by Gasteiger charge is 2.12. The number of nitrogens with zero attached hydrogens (tertiary/aromatic N) is 1. The molecule has 0 radical (unpaired) electrons. The highest BCUT2D eigenvalue weighted by Crippen LogP contribution is 2.15. The summed E-state index contributed by atoms with van der Waals surface area (Å²) in [5.74, 6) is 2.45. The SMILES string of the molecule is CC(NCCN1CCSCC1)c1ccc(S(N)(=O)=O)cc1. The minimum atomic E-state index is -3.61. The van der Waals surface area contributed by atoms with Crippen LogP contribution in [0.1, 0.15) is 18.5 Å². The average Bonchev–Trinajstić information content (AvgIpc) is 2.47. The maximum atomic E-state index is 11.2. The van der Waals surface area contributed by atoms with E-state index in [9.17, 15) is 8.42 Å². The smallest absolute Gasteiger partial charge is 0.238 e. The van der Waals surface area contributed by atoms with Crippen LogP contribution in [0.3, 0.4) is 0 Å². The van der Waals surface area contributed by atoms with Crippen molar-refractivity contribution in [3.05, 3.63) is 29.8 Å². The molecule has 21 heavy (non-hydrogen) atoms. The van der Waals surface area contributed by atoms with Gasteiger partial charge in [0.1, 0.15) is 0 Å². The second kappa shape index (κ2) is 7.60. The fourth-order valence-electron chi connectivity index (χ4n) is 2.33. The molecule has 3 N–H and O–H groups in total. The third-order valence-corrected chi connectivity index (χ3v) is 5.56. The molecule has 1 unspecified atom stereocenters. The lowest BCUT2D eigenvalue weighted by atomic mass is 10.1. The van der Waals surface area contributed by atoms with E-state index < -0.39 is 10.0 Å². The third kappa shape index (κ3) is 5.27. The Kier molecular flexibility index (Phi) is 6.07. The minimum absolute atomic E-state index is 0.157. The third-order valence-electron chi connectivity index (χ3n) is 3.69. The van der Waals surface area contributed by atoms with Gasteiger partial charge in [-0.2, -0.15) is 11.8 Å². The molecule has 1 aliphatic heterocycles. The molecule has 1 aliphatic rings. The molecule has 1 atom stereocenters. The highest BCUT2D eigenvalue weighted by atomic mass is 32.2. The van der Waals surface area contributed by atoms with Crippen molar-refractivity contribution >= 4 is 21.8 Å². The van der Waals surface area contributed by atoms with Crippen LogP contribution in [0.15, 0.2) is 29.2 Å². The monoisotopic (exact) mass is 329 g/mol. The van der Waals surface area contributed by atoms with Gasteiger partial charge < -0.3 is 10.2 Å². The summed E-state index contributed by atoms with van der Waals surface area (Å²) in [4.78, 5) is 2.63. The van der Waals surface area contributed by atoms with Gasteiger partial charge in [-0.25, -0.2) is 13.6 Å². The van der Waals surface area contributed by atoms with Gasteiger partial charge >= 0.3 is 0 Å². The Balaban J connectivity index is 1.81. The van der Waals surface area contributed by atoms with E-state index in [4.69, 9.17) is 5.14 Å². The maximum Gasteiger partial charge on any atom is 0.238 e. The van der Waals surface area contributed by atoms with Crippen molar-refractivity contribution in [1.29, 1.82) is 0 Å². The van der Waals surface area contributed by atoms with Gasteiger partial charge in [-0.15, -0.1) is 0 Å². The molecular weight excluding hydrogens is 306 g/mol. The Morgan fingerprint density at radius 1 is 1.29 bits per heavy atom. The highest BCUT2D eigenvalue weighted by molar-refractivity contribution is 7.99. The summed E-state index contributed by atoms with van der Waals surface area (Å²) in [5, 5.41) is 8.57. The zero-order valence-corrected chi connectivity index (χ0v) is 13.9. The number of nitrogens with two attached hydrogens (primary N) is 1. The molecule has 1 aromatic rings. The van der Waals surface area contributed by atoms with Gasteiger partial charge in [0, 0.05) is 43.7 Å². The second-order valence-electron chi connectivity index (χ2n) is 5.24. The van der Waals surface area contributed by atoms with Crippen molar-refractivity contribution < 1.29 is 8.42 Å². The van der Waals surface area contributed by atoms with Crippen LogP contribution in [0.4, 0.5) is 0 Å². The van der Waals surface area contributed by atoms with Gasteiger partial charge in [0.15, 0.2) is 0 Å². The van der Waals surface area contributed by atoms with Crippen LogP contribution < -0.4 is 10.5 Å². The van der Waals surface area contributed by atoms with E-state index in [1.807, 2.05) is 23.9 Å². The molecule has 1 aromatic carbocycles. The van der Waals surface area contributed by atoms with Crippen LogP contribution >= 0.6 is 11.8 Å². The van der Waals surface area contributed by atoms with E-state index in [2.05, 4.69) is 17.1 Å². The van der Waals surface area contributed by atoms with E-state index in [1.54, 1.807) is 12.1 Å². The first-order chi connectivity index (χ1) is 9.97. The molecule has 0 saturated carbocycles. The molecule has 1 heterocycles. The first-order valence-electron chi connectivity index (χ1n) is 7.13. The molecule has 0 spiro atoms. The number of hydrogen-bond acceptors (Lipinski definition) is 5. The molecule has 1 saturated heterocycles. The van der Waals surface area contributed by atoms with Gasteiger partial charge in [0.05, 0.1) is 4.90 Å². The number of primary sulfonamides is 1. The predicted molar refractivity (Wildman–Crippen MR) is 88.0 cm³/mol. The Labute approximate surface area is 131 Å². The summed E-state index contributed by atoms with van der Waals surface area (Å²) in [5.41, 5.74) is 1.07. The second-order valence-corrected chi connectivity index (χ2v) is 8.03. The summed E-state index contributed by atoms with van der Waals surface area (Å²) in [6.07, 6.45) is 0.